The van der Waals surface area contributed by atoms with Crippen LogP contribution in [0.1, 0.15) is 13.3 Å². The summed E-state index contributed by atoms with van der Waals surface area (Å²) in [7, 11) is 0. The lowest BCUT2D eigenvalue weighted by Crippen LogP contribution is -2.54. The van der Waals surface area contributed by atoms with Crippen LogP contribution < -0.4 is 5.32 Å². The van der Waals surface area contributed by atoms with Gasteiger partial charge in [0.1, 0.15) is 0 Å². The van der Waals surface area contributed by atoms with Crippen molar-refractivity contribution in [2.45, 2.75) is 18.9 Å². The highest BCUT2D eigenvalue weighted by molar-refractivity contribution is 7.80. The van der Waals surface area contributed by atoms with E-state index < -0.39 is 17.4 Å². The predicted molar refractivity (Wildman–Crippen MR) is 58.9 cm³/mol. The Kier molecular flexibility index (Phi) is 6.03. The van der Waals surface area contributed by atoms with E-state index in [0.717, 1.165) is 0 Å². The van der Waals surface area contributed by atoms with Crippen molar-refractivity contribution in [3.63, 3.8) is 0 Å². The highest BCUT2D eigenvalue weighted by Crippen LogP contribution is 2.10. The summed E-state index contributed by atoms with van der Waals surface area (Å²) in [6.45, 7) is 1.17. The van der Waals surface area contributed by atoms with Gasteiger partial charge in [-0.25, -0.2) is 4.79 Å². The van der Waals surface area contributed by atoms with Gasteiger partial charge in [-0.1, -0.05) is 12.2 Å². The van der Waals surface area contributed by atoms with Crippen LogP contribution in [0, 0.1) is 0 Å². The third-order valence-electron chi connectivity index (χ3n) is 1.73. The van der Waals surface area contributed by atoms with Gasteiger partial charge in [0, 0.05) is 19.3 Å². The molecule has 0 aromatic carbocycles. The van der Waals surface area contributed by atoms with Gasteiger partial charge in [-0.15, -0.1) is 0 Å². The van der Waals surface area contributed by atoms with E-state index in [4.69, 9.17) is 10.2 Å². The number of amides is 1. The molecule has 0 spiro atoms. The fourth-order valence-electron chi connectivity index (χ4n) is 0.999. The smallest absolute Gasteiger partial charge is 0.334 e. The first-order valence-corrected chi connectivity index (χ1v) is 5.03. The first-order chi connectivity index (χ1) is 6.98. The molecule has 1 unspecified atom stereocenters. The molecular weight excluding hydrogens is 218 g/mol. The fraction of sp³-hybridized carbons (Fsp3) is 0.556. The molecule has 0 aliphatic heterocycles. The van der Waals surface area contributed by atoms with E-state index in [0.29, 0.717) is 6.42 Å². The summed E-state index contributed by atoms with van der Waals surface area (Å²) >= 11 is 3.91. The number of carboxylic acid groups (broad SMARTS) is 1. The Morgan fingerprint density at radius 3 is 2.47 bits per heavy atom. The van der Waals surface area contributed by atoms with Crippen LogP contribution in [0.4, 0.5) is 0 Å². The number of carbonyl (C=O) groups is 2. The Balaban J connectivity index is 4.81. The number of hydrogen-bond acceptors (Lipinski definition) is 4. The van der Waals surface area contributed by atoms with Crippen LogP contribution in [0.25, 0.3) is 0 Å². The molecular formula is C9H15NO4S. The van der Waals surface area contributed by atoms with Crippen molar-refractivity contribution in [2.24, 2.45) is 0 Å². The lowest BCUT2D eigenvalue weighted by Gasteiger charge is -2.24. The summed E-state index contributed by atoms with van der Waals surface area (Å²) in [6, 6.07) is 0. The van der Waals surface area contributed by atoms with Gasteiger partial charge in [0.2, 0.25) is 5.91 Å². The second kappa shape index (κ2) is 6.47. The van der Waals surface area contributed by atoms with Crippen LogP contribution in [0.2, 0.25) is 0 Å². The second-order valence-electron chi connectivity index (χ2n) is 3.03. The highest BCUT2D eigenvalue weighted by Gasteiger charge is 2.35. The van der Waals surface area contributed by atoms with E-state index in [2.05, 4.69) is 17.9 Å². The maximum atomic E-state index is 11.0. The molecule has 5 nitrogen and oxygen atoms in total. The topological polar surface area (TPSA) is 86.6 Å². The monoisotopic (exact) mass is 233 g/mol. The molecule has 0 aliphatic carbocycles. The van der Waals surface area contributed by atoms with Gasteiger partial charge in [0.05, 0.1) is 0 Å². The molecule has 15 heavy (non-hydrogen) atoms. The zero-order chi connectivity index (χ0) is 11.9. The minimum Gasteiger partial charge on any atom is -0.479 e. The SMILES string of the molecule is CC(=O)NC(/C=C/CCO)(CS)C(=O)O. The largest absolute Gasteiger partial charge is 0.479 e. The van der Waals surface area contributed by atoms with Gasteiger partial charge >= 0.3 is 5.97 Å². The van der Waals surface area contributed by atoms with Gasteiger partial charge in [-0.2, -0.15) is 12.6 Å². The third-order valence-corrected chi connectivity index (χ3v) is 2.23. The Morgan fingerprint density at radius 1 is 1.53 bits per heavy atom. The average Bonchev–Trinajstić information content (AvgIpc) is 2.15. The van der Waals surface area contributed by atoms with Crippen LogP contribution in [-0.2, 0) is 9.59 Å². The molecule has 0 fully saturated rings. The second-order valence-corrected chi connectivity index (χ2v) is 3.35. The minimum absolute atomic E-state index is 0.0517. The summed E-state index contributed by atoms with van der Waals surface area (Å²) in [4.78, 5) is 21.9. The van der Waals surface area contributed by atoms with Crippen LogP contribution in [0.5, 0.6) is 0 Å². The zero-order valence-corrected chi connectivity index (χ0v) is 9.33. The van der Waals surface area contributed by atoms with Gasteiger partial charge in [0.15, 0.2) is 5.54 Å². The van der Waals surface area contributed by atoms with Crippen molar-refractivity contribution in [3.8, 4) is 0 Å². The number of hydrogen-bond donors (Lipinski definition) is 4. The molecule has 0 heterocycles. The number of rotatable bonds is 6. The number of aliphatic carboxylic acids is 1. The van der Waals surface area contributed by atoms with Gasteiger partial charge in [-0.05, 0) is 6.42 Å². The van der Waals surface area contributed by atoms with E-state index in [9.17, 15) is 9.59 Å². The maximum Gasteiger partial charge on any atom is 0.334 e. The van der Waals surface area contributed by atoms with Crippen molar-refractivity contribution in [1.82, 2.24) is 5.32 Å². The maximum absolute atomic E-state index is 11.0. The van der Waals surface area contributed by atoms with Crippen molar-refractivity contribution < 1.29 is 19.8 Å². The van der Waals surface area contributed by atoms with E-state index in [1.165, 1.54) is 19.1 Å². The molecule has 0 aliphatic rings. The first-order valence-electron chi connectivity index (χ1n) is 4.40. The van der Waals surface area contributed by atoms with Gasteiger partial charge < -0.3 is 15.5 Å². The first kappa shape index (κ1) is 14.0. The highest BCUT2D eigenvalue weighted by atomic mass is 32.1. The minimum atomic E-state index is -1.50. The number of carboxylic acids is 1. The molecule has 1 atom stereocenters. The molecule has 0 radical (unpaired) electrons. The number of aliphatic hydroxyl groups is 1. The summed E-state index contributed by atoms with van der Waals surface area (Å²) in [5, 5.41) is 19.9. The lowest BCUT2D eigenvalue weighted by molar-refractivity contribution is -0.144. The predicted octanol–water partition coefficient (Wildman–Crippen LogP) is -0.186. The van der Waals surface area contributed by atoms with Crippen LogP contribution >= 0.6 is 12.6 Å². The molecule has 1 amide bonds. The Hall–Kier alpha value is -1.01. The normalized spacial score (nSPS) is 14.9. The zero-order valence-electron chi connectivity index (χ0n) is 8.43. The number of carbonyl (C=O) groups excluding carboxylic acids is 1. The quantitative estimate of drug-likeness (QED) is 0.378. The van der Waals surface area contributed by atoms with Crippen molar-refractivity contribution in [3.05, 3.63) is 12.2 Å². The van der Waals surface area contributed by atoms with E-state index in [-0.39, 0.29) is 12.4 Å². The van der Waals surface area contributed by atoms with E-state index >= 15 is 0 Å². The molecule has 0 aromatic rings. The third kappa shape index (κ3) is 4.35. The Labute approximate surface area is 93.6 Å². The average molecular weight is 233 g/mol. The number of aliphatic hydroxyl groups excluding tert-OH is 1. The van der Waals surface area contributed by atoms with Crippen LogP contribution in [-0.4, -0.2) is 40.0 Å². The summed E-state index contributed by atoms with van der Waals surface area (Å²) < 4.78 is 0. The fourth-order valence-corrected chi connectivity index (χ4v) is 1.32. The molecule has 0 bridgehead atoms. The van der Waals surface area contributed by atoms with Gasteiger partial charge in [0.25, 0.3) is 0 Å². The number of nitrogens with one attached hydrogen (secondary N) is 1. The van der Waals surface area contributed by atoms with Crippen molar-refractivity contribution in [1.29, 1.82) is 0 Å². The Bertz CT molecular complexity index is 267. The molecule has 0 saturated carbocycles. The van der Waals surface area contributed by atoms with E-state index in [1.807, 2.05) is 0 Å². The summed E-state index contributed by atoms with van der Waals surface area (Å²) in [5.74, 6) is -1.67. The molecule has 0 saturated heterocycles. The standard InChI is InChI=1S/C9H15NO4S/c1-7(12)10-9(6-15,8(13)14)4-2-3-5-11/h2,4,11,15H,3,5-6H2,1H3,(H,10,12)(H,13,14)/b4-2+. The van der Waals surface area contributed by atoms with E-state index in [1.54, 1.807) is 0 Å². The number of thiol groups is 1. The van der Waals surface area contributed by atoms with Crippen molar-refractivity contribution in [2.75, 3.05) is 12.4 Å². The van der Waals surface area contributed by atoms with Crippen LogP contribution in [0.15, 0.2) is 12.2 Å². The molecule has 0 rings (SSSR count). The molecule has 3 N–H and O–H groups in total. The molecule has 6 heteroatoms. The van der Waals surface area contributed by atoms with Crippen molar-refractivity contribution >= 4 is 24.5 Å². The molecule has 0 aromatic heterocycles. The lowest BCUT2D eigenvalue weighted by atomic mass is 10.0. The van der Waals surface area contributed by atoms with Gasteiger partial charge in [-0.3, -0.25) is 4.79 Å². The summed E-state index contributed by atoms with van der Waals surface area (Å²) in [5.41, 5.74) is -1.50. The Morgan fingerprint density at radius 2 is 2.13 bits per heavy atom. The summed E-state index contributed by atoms with van der Waals surface area (Å²) in [6.07, 6.45) is 3.17. The molecule has 86 valence electrons. The van der Waals surface area contributed by atoms with Crippen LogP contribution in [0.3, 0.4) is 0 Å².